The molecular formula is C21H27N3O2. The number of pyridine rings is 1. The van der Waals surface area contributed by atoms with Gasteiger partial charge >= 0.3 is 0 Å². The molecule has 0 amide bonds. The van der Waals surface area contributed by atoms with Crippen molar-refractivity contribution in [1.29, 1.82) is 0 Å². The van der Waals surface area contributed by atoms with Crippen LogP contribution in [0, 0.1) is 0 Å². The van der Waals surface area contributed by atoms with E-state index in [-0.39, 0.29) is 0 Å². The first-order valence-electron chi connectivity index (χ1n) is 9.40. The zero-order chi connectivity index (χ0) is 17.8. The van der Waals surface area contributed by atoms with Crippen molar-refractivity contribution >= 4 is 0 Å². The zero-order valence-corrected chi connectivity index (χ0v) is 15.4. The lowest BCUT2D eigenvalue weighted by Crippen LogP contribution is -2.49. The summed E-state index contributed by atoms with van der Waals surface area (Å²) in [6.07, 6.45) is 5.15. The lowest BCUT2D eigenvalue weighted by Gasteiger charge is -2.37. The highest BCUT2D eigenvalue weighted by molar-refractivity contribution is 5.27. The first-order valence-corrected chi connectivity index (χ1v) is 9.40. The molecule has 0 bridgehead atoms. The molecule has 0 spiro atoms. The zero-order valence-electron chi connectivity index (χ0n) is 15.4. The molecule has 0 saturated carbocycles. The van der Waals surface area contributed by atoms with Gasteiger partial charge in [-0.3, -0.25) is 14.8 Å². The van der Waals surface area contributed by atoms with E-state index in [0.29, 0.717) is 18.8 Å². The average Bonchev–Trinajstić information content (AvgIpc) is 3.10. The van der Waals surface area contributed by atoms with Crippen molar-refractivity contribution in [2.75, 3.05) is 33.3 Å². The van der Waals surface area contributed by atoms with E-state index in [0.717, 1.165) is 50.5 Å². The van der Waals surface area contributed by atoms with Gasteiger partial charge in [0.2, 0.25) is 0 Å². The molecule has 3 heterocycles. The van der Waals surface area contributed by atoms with Crippen LogP contribution in [-0.4, -0.2) is 60.2 Å². The van der Waals surface area contributed by atoms with Crippen molar-refractivity contribution in [3.8, 4) is 5.75 Å². The Bertz CT molecular complexity index is 692. The highest BCUT2D eigenvalue weighted by Gasteiger charge is 2.36. The molecular weight excluding hydrogens is 326 g/mol. The van der Waals surface area contributed by atoms with Crippen LogP contribution in [0.5, 0.6) is 5.75 Å². The van der Waals surface area contributed by atoms with Gasteiger partial charge in [-0.25, -0.2) is 0 Å². The fourth-order valence-electron chi connectivity index (χ4n) is 4.01. The van der Waals surface area contributed by atoms with E-state index in [4.69, 9.17) is 9.47 Å². The van der Waals surface area contributed by atoms with Crippen molar-refractivity contribution in [2.24, 2.45) is 0 Å². The Morgan fingerprint density at radius 1 is 1.08 bits per heavy atom. The van der Waals surface area contributed by atoms with E-state index in [1.165, 1.54) is 5.56 Å². The molecule has 4 rings (SSSR count). The van der Waals surface area contributed by atoms with E-state index >= 15 is 0 Å². The summed E-state index contributed by atoms with van der Waals surface area (Å²) in [5, 5.41) is 0. The monoisotopic (exact) mass is 353 g/mol. The van der Waals surface area contributed by atoms with Gasteiger partial charge in [0.05, 0.1) is 19.8 Å². The maximum Gasteiger partial charge on any atom is 0.118 e. The number of piperazine rings is 1. The van der Waals surface area contributed by atoms with Gasteiger partial charge in [0.25, 0.3) is 0 Å². The van der Waals surface area contributed by atoms with Crippen molar-refractivity contribution < 1.29 is 9.47 Å². The summed E-state index contributed by atoms with van der Waals surface area (Å²) in [4.78, 5) is 9.32. The summed E-state index contributed by atoms with van der Waals surface area (Å²) in [5.41, 5.74) is 2.50. The maximum absolute atomic E-state index is 6.15. The van der Waals surface area contributed by atoms with Crippen molar-refractivity contribution in [3.05, 3.63) is 59.9 Å². The Labute approximate surface area is 155 Å². The minimum atomic E-state index is 0.334. The van der Waals surface area contributed by atoms with Crippen LogP contribution in [0.15, 0.2) is 48.8 Å². The lowest BCUT2D eigenvalue weighted by molar-refractivity contribution is 0.0457. The van der Waals surface area contributed by atoms with Gasteiger partial charge in [-0.2, -0.15) is 0 Å². The number of hydrogen-bond donors (Lipinski definition) is 0. The van der Waals surface area contributed by atoms with Gasteiger partial charge in [0.1, 0.15) is 5.75 Å². The number of hydrogen-bond acceptors (Lipinski definition) is 5. The molecule has 2 saturated heterocycles. The number of methoxy groups -OCH3 is 1. The second kappa shape index (κ2) is 8.16. The molecule has 2 aromatic rings. The molecule has 2 aliphatic rings. The molecule has 0 unspecified atom stereocenters. The first-order chi connectivity index (χ1) is 12.8. The second-order valence-corrected chi connectivity index (χ2v) is 7.26. The smallest absolute Gasteiger partial charge is 0.118 e. The molecule has 0 radical (unpaired) electrons. The third-order valence-electron chi connectivity index (χ3n) is 5.44. The average molecular weight is 353 g/mol. The van der Waals surface area contributed by atoms with Crippen LogP contribution in [0.4, 0.5) is 0 Å². The number of ether oxygens (including phenoxy) is 2. The van der Waals surface area contributed by atoms with Crippen LogP contribution in [0.25, 0.3) is 0 Å². The van der Waals surface area contributed by atoms with Crippen molar-refractivity contribution in [1.82, 2.24) is 14.8 Å². The van der Waals surface area contributed by atoms with Gasteiger partial charge in [-0.15, -0.1) is 0 Å². The largest absolute Gasteiger partial charge is 0.497 e. The Morgan fingerprint density at radius 3 is 2.73 bits per heavy atom. The molecule has 1 aromatic heterocycles. The molecule has 2 fully saturated rings. The maximum atomic E-state index is 6.15. The summed E-state index contributed by atoms with van der Waals surface area (Å²) >= 11 is 0. The highest BCUT2D eigenvalue weighted by atomic mass is 16.5. The van der Waals surface area contributed by atoms with Crippen LogP contribution < -0.4 is 4.74 Å². The quantitative estimate of drug-likeness (QED) is 0.798. The molecule has 1 aromatic carbocycles. The van der Waals surface area contributed by atoms with E-state index in [9.17, 15) is 0 Å². The molecule has 2 atom stereocenters. The topological polar surface area (TPSA) is 37.8 Å². The summed E-state index contributed by atoms with van der Waals surface area (Å²) in [7, 11) is 1.71. The normalized spacial score (nSPS) is 23.7. The standard InChI is InChI=1S/C21H27N3O2/c1-25-20-6-4-17(5-7-20)13-23-9-10-24-15-21(11-19(24)14-23)26-16-18-3-2-8-22-12-18/h2-8,12,19,21H,9-11,13-16H2,1H3/t19-,21+/m0/s1. The Morgan fingerprint density at radius 2 is 1.96 bits per heavy atom. The number of aromatic nitrogens is 1. The van der Waals surface area contributed by atoms with E-state index < -0.39 is 0 Å². The van der Waals surface area contributed by atoms with Crippen molar-refractivity contribution in [2.45, 2.75) is 31.7 Å². The van der Waals surface area contributed by atoms with Gasteiger partial charge in [0.15, 0.2) is 0 Å². The molecule has 0 aliphatic carbocycles. The SMILES string of the molecule is COc1ccc(CN2CCN3C[C@H](OCc4cccnc4)C[C@H]3C2)cc1. The lowest BCUT2D eigenvalue weighted by atomic mass is 10.1. The number of nitrogens with zero attached hydrogens (tertiary/aromatic N) is 3. The first kappa shape index (κ1) is 17.5. The van der Waals surface area contributed by atoms with Crippen LogP contribution in [0.2, 0.25) is 0 Å². The Hall–Kier alpha value is -1.95. The molecule has 5 nitrogen and oxygen atoms in total. The second-order valence-electron chi connectivity index (χ2n) is 7.26. The van der Waals surface area contributed by atoms with Crippen LogP contribution in [-0.2, 0) is 17.9 Å². The molecule has 138 valence electrons. The Kier molecular flexibility index (Phi) is 5.48. The molecule has 0 N–H and O–H groups in total. The predicted octanol–water partition coefficient (Wildman–Crippen LogP) is 2.57. The minimum Gasteiger partial charge on any atom is -0.497 e. The van der Waals surface area contributed by atoms with Gasteiger partial charge < -0.3 is 9.47 Å². The van der Waals surface area contributed by atoms with Gasteiger partial charge in [-0.05, 0) is 35.7 Å². The van der Waals surface area contributed by atoms with E-state index in [1.807, 2.05) is 24.4 Å². The van der Waals surface area contributed by atoms with Crippen molar-refractivity contribution in [3.63, 3.8) is 0 Å². The minimum absolute atomic E-state index is 0.334. The molecule has 5 heteroatoms. The summed E-state index contributed by atoms with van der Waals surface area (Å²) in [5.74, 6) is 0.919. The van der Waals surface area contributed by atoms with Crippen LogP contribution >= 0.6 is 0 Å². The number of benzene rings is 1. The van der Waals surface area contributed by atoms with E-state index in [2.05, 4.69) is 33.0 Å². The highest BCUT2D eigenvalue weighted by Crippen LogP contribution is 2.26. The van der Waals surface area contributed by atoms with E-state index in [1.54, 1.807) is 13.3 Å². The fraction of sp³-hybridized carbons (Fsp3) is 0.476. The fourth-order valence-corrected chi connectivity index (χ4v) is 4.01. The Balaban J connectivity index is 1.27. The summed E-state index contributed by atoms with van der Waals surface area (Å²) < 4.78 is 11.4. The van der Waals surface area contributed by atoms with Crippen LogP contribution in [0.1, 0.15) is 17.5 Å². The third-order valence-corrected chi connectivity index (χ3v) is 5.44. The molecule has 2 aliphatic heterocycles. The summed E-state index contributed by atoms with van der Waals surface area (Å²) in [6.45, 7) is 6.11. The van der Waals surface area contributed by atoms with Crippen LogP contribution in [0.3, 0.4) is 0 Å². The van der Waals surface area contributed by atoms with Gasteiger partial charge in [0, 0.05) is 51.2 Å². The van der Waals surface area contributed by atoms with Gasteiger partial charge in [-0.1, -0.05) is 18.2 Å². The predicted molar refractivity (Wildman–Crippen MR) is 101 cm³/mol. The summed E-state index contributed by atoms with van der Waals surface area (Å²) in [6, 6.07) is 13.1. The third kappa shape index (κ3) is 4.23. The molecule has 26 heavy (non-hydrogen) atoms. The number of fused-ring (bicyclic) bond motifs is 1. The number of rotatable bonds is 6.